The average molecular weight is 289 g/mol. The lowest BCUT2D eigenvalue weighted by molar-refractivity contribution is -0.119. The molecule has 0 aromatic carbocycles. The van der Waals surface area contributed by atoms with Crippen molar-refractivity contribution in [2.75, 3.05) is 24.5 Å². The van der Waals surface area contributed by atoms with Crippen molar-refractivity contribution in [3.8, 4) is 0 Å². The van der Waals surface area contributed by atoms with E-state index in [4.69, 9.17) is 0 Å². The number of anilines is 1. The number of hydrogen-bond acceptors (Lipinski definition) is 3. The summed E-state index contributed by atoms with van der Waals surface area (Å²) >= 11 is 0. The third-order valence-electron chi connectivity index (χ3n) is 2.78. The first-order valence-electron chi connectivity index (χ1n) is 6.79. The van der Waals surface area contributed by atoms with Crippen LogP contribution in [0.1, 0.15) is 26.5 Å². The minimum atomic E-state index is -4.20. The van der Waals surface area contributed by atoms with Gasteiger partial charge in [0.05, 0.1) is 5.69 Å². The van der Waals surface area contributed by atoms with Crippen LogP contribution < -0.4 is 10.2 Å². The van der Waals surface area contributed by atoms with Crippen molar-refractivity contribution in [2.24, 2.45) is 5.92 Å². The van der Waals surface area contributed by atoms with Crippen LogP contribution in [0.4, 0.5) is 18.9 Å². The van der Waals surface area contributed by atoms with Crippen molar-refractivity contribution in [3.63, 3.8) is 0 Å². The highest BCUT2D eigenvalue weighted by Crippen LogP contribution is 2.22. The number of halogens is 3. The fourth-order valence-corrected chi connectivity index (χ4v) is 1.85. The van der Waals surface area contributed by atoms with E-state index in [1.165, 1.54) is 4.90 Å². The predicted molar refractivity (Wildman–Crippen MR) is 74.7 cm³/mol. The number of alkyl halides is 3. The van der Waals surface area contributed by atoms with Gasteiger partial charge in [0.2, 0.25) is 0 Å². The molecule has 0 amide bonds. The summed E-state index contributed by atoms with van der Waals surface area (Å²) in [6.45, 7) is 6.69. The monoisotopic (exact) mass is 289 g/mol. The molecule has 3 nitrogen and oxygen atoms in total. The van der Waals surface area contributed by atoms with Crippen LogP contribution in [0.2, 0.25) is 0 Å². The Kier molecular flexibility index (Phi) is 6.26. The quantitative estimate of drug-likeness (QED) is 0.835. The van der Waals surface area contributed by atoms with Gasteiger partial charge in [-0.15, -0.1) is 0 Å². The third kappa shape index (κ3) is 6.23. The first kappa shape index (κ1) is 16.8. The second kappa shape index (κ2) is 7.47. The van der Waals surface area contributed by atoms with Gasteiger partial charge in [0, 0.05) is 25.0 Å². The van der Waals surface area contributed by atoms with Crippen LogP contribution in [0, 0.1) is 5.92 Å². The number of nitrogens with zero attached hydrogens (tertiary/aromatic N) is 2. The van der Waals surface area contributed by atoms with E-state index in [0.717, 1.165) is 12.2 Å². The molecular formula is C14H22F3N3. The molecule has 0 fully saturated rings. The summed E-state index contributed by atoms with van der Waals surface area (Å²) in [5.41, 5.74) is 1.31. The smallest absolute Gasteiger partial charge is 0.363 e. The fourth-order valence-electron chi connectivity index (χ4n) is 1.85. The van der Waals surface area contributed by atoms with Crippen molar-refractivity contribution in [1.29, 1.82) is 0 Å². The molecule has 0 spiro atoms. The average Bonchev–Trinajstić information content (AvgIpc) is 2.35. The lowest BCUT2D eigenvalue weighted by atomic mass is 10.2. The van der Waals surface area contributed by atoms with Gasteiger partial charge < -0.3 is 10.2 Å². The second-order valence-corrected chi connectivity index (χ2v) is 5.16. The van der Waals surface area contributed by atoms with E-state index in [9.17, 15) is 13.2 Å². The Bertz CT molecular complexity index is 405. The molecule has 0 aliphatic rings. The zero-order valence-electron chi connectivity index (χ0n) is 12.2. The first-order chi connectivity index (χ1) is 9.31. The Hall–Kier alpha value is -1.30. The molecule has 0 aliphatic carbocycles. The van der Waals surface area contributed by atoms with E-state index in [0.29, 0.717) is 24.7 Å². The summed E-state index contributed by atoms with van der Waals surface area (Å²) < 4.78 is 37.5. The van der Waals surface area contributed by atoms with Gasteiger partial charge >= 0.3 is 6.18 Å². The number of aromatic nitrogens is 1. The Morgan fingerprint density at radius 2 is 2.05 bits per heavy atom. The molecule has 0 saturated carbocycles. The van der Waals surface area contributed by atoms with Crippen LogP contribution in [-0.4, -0.2) is 30.8 Å². The standard InChI is InChI=1S/C14H22F3N3/c1-4-20(10-14(15,16)17)13-5-6-19-12(7-13)9-18-8-11(2)3/h5-7,11,18H,4,8-10H2,1-3H3. The van der Waals surface area contributed by atoms with Crippen molar-refractivity contribution in [3.05, 3.63) is 24.0 Å². The highest BCUT2D eigenvalue weighted by molar-refractivity contribution is 5.46. The lowest BCUT2D eigenvalue weighted by Gasteiger charge is -2.24. The number of nitrogens with one attached hydrogen (secondary N) is 1. The highest BCUT2D eigenvalue weighted by Gasteiger charge is 2.30. The van der Waals surface area contributed by atoms with Gasteiger partial charge in [0.15, 0.2) is 0 Å². The molecule has 1 heterocycles. The Morgan fingerprint density at radius 3 is 2.60 bits per heavy atom. The van der Waals surface area contributed by atoms with E-state index in [1.807, 2.05) is 0 Å². The lowest BCUT2D eigenvalue weighted by Crippen LogP contribution is -2.34. The van der Waals surface area contributed by atoms with E-state index in [2.05, 4.69) is 24.1 Å². The summed E-state index contributed by atoms with van der Waals surface area (Å²) in [6, 6.07) is 3.32. The molecule has 1 N–H and O–H groups in total. The summed E-state index contributed by atoms with van der Waals surface area (Å²) in [4.78, 5) is 5.48. The SMILES string of the molecule is CCN(CC(F)(F)F)c1ccnc(CNCC(C)C)c1. The van der Waals surface area contributed by atoms with Crippen LogP contribution >= 0.6 is 0 Å². The second-order valence-electron chi connectivity index (χ2n) is 5.16. The number of pyridine rings is 1. The topological polar surface area (TPSA) is 28.2 Å². The van der Waals surface area contributed by atoms with Crippen molar-refractivity contribution in [1.82, 2.24) is 10.3 Å². The molecule has 0 radical (unpaired) electrons. The summed E-state index contributed by atoms with van der Waals surface area (Å²) in [5, 5.41) is 3.23. The third-order valence-corrected chi connectivity index (χ3v) is 2.78. The van der Waals surface area contributed by atoms with Gasteiger partial charge in [-0.2, -0.15) is 13.2 Å². The number of rotatable bonds is 7. The largest absolute Gasteiger partial charge is 0.405 e. The Morgan fingerprint density at radius 1 is 1.35 bits per heavy atom. The van der Waals surface area contributed by atoms with Crippen LogP contribution in [0.3, 0.4) is 0 Å². The molecule has 1 aromatic heterocycles. The van der Waals surface area contributed by atoms with Gasteiger partial charge in [-0.05, 0) is 31.5 Å². The number of hydrogen-bond donors (Lipinski definition) is 1. The zero-order valence-corrected chi connectivity index (χ0v) is 12.2. The van der Waals surface area contributed by atoms with E-state index in [-0.39, 0.29) is 0 Å². The molecule has 114 valence electrons. The van der Waals surface area contributed by atoms with Crippen molar-refractivity contribution in [2.45, 2.75) is 33.5 Å². The molecule has 0 atom stereocenters. The van der Waals surface area contributed by atoms with Gasteiger partial charge in [-0.1, -0.05) is 13.8 Å². The van der Waals surface area contributed by atoms with Gasteiger partial charge in [0.1, 0.15) is 6.54 Å². The molecule has 0 unspecified atom stereocenters. The highest BCUT2D eigenvalue weighted by atomic mass is 19.4. The van der Waals surface area contributed by atoms with Gasteiger partial charge in [-0.25, -0.2) is 0 Å². The molecule has 1 aromatic rings. The molecule has 6 heteroatoms. The maximum atomic E-state index is 12.5. The van der Waals surface area contributed by atoms with Gasteiger partial charge in [0.25, 0.3) is 0 Å². The molecule has 0 bridgehead atoms. The summed E-state index contributed by atoms with van der Waals surface area (Å²) in [7, 11) is 0. The maximum Gasteiger partial charge on any atom is 0.405 e. The van der Waals surface area contributed by atoms with Crippen LogP contribution in [-0.2, 0) is 6.54 Å². The molecular weight excluding hydrogens is 267 g/mol. The van der Waals surface area contributed by atoms with Crippen molar-refractivity contribution >= 4 is 5.69 Å². The summed E-state index contributed by atoms with van der Waals surface area (Å²) in [6.07, 6.45) is -2.64. The normalized spacial score (nSPS) is 11.9. The van der Waals surface area contributed by atoms with E-state index >= 15 is 0 Å². The Balaban J connectivity index is 2.70. The van der Waals surface area contributed by atoms with Gasteiger partial charge in [-0.3, -0.25) is 4.98 Å². The zero-order chi connectivity index (χ0) is 15.2. The maximum absolute atomic E-state index is 12.5. The molecule has 0 aliphatic heterocycles. The van der Waals surface area contributed by atoms with Crippen LogP contribution in [0.25, 0.3) is 0 Å². The fraction of sp³-hybridized carbons (Fsp3) is 0.643. The van der Waals surface area contributed by atoms with E-state index < -0.39 is 12.7 Å². The van der Waals surface area contributed by atoms with Crippen molar-refractivity contribution < 1.29 is 13.2 Å². The first-order valence-corrected chi connectivity index (χ1v) is 6.79. The molecule has 20 heavy (non-hydrogen) atoms. The van der Waals surface area contributed by atoms with Crippen LogP contribution in [0.5, 0.6) is 0 Å². The molecule has 0 saturated heterocycles. The minimum Gasteiger partial charge on any atom is -0.363 e. The minimum absolute atomic E-state index is 0.308. The summed E-state index contributed by atoms with van der Waals surface area (Å²) in [5.74, 6) is 0.524. The Labute approximate surface area is 118 Å². The molecule has 1 rings (SSSR count). The predicted octanol–water partition coefficient (Wildman–Crippen LogP) is 3.22. The van der Waals surface area contributed by atoms with E-state index in [1.54, 1.807) is 25.3 Å². The van der Waals surface area contributed by atoms with Crippen LogP contribution in [0.15, 0.2) is 18.3 Å².